The van der Waals surface area contributed by atoms with Gasteiger partial charge in [0.05, 0.1) is 5.69 Å². The number of hydrogen-bond donors (Lipinski definition) is 1. The minimum absolute atomic E-state index is 0.623. The summed E-state index contributed by atoms with van der Waals surface area (Å²) >= 11 is 0. The molecule has 20 heavy (non-hydrogen) atoms. The Morgan fingerprint density at radius 3 is 2.60 bits per heavy atom. The monoisotopic (exact) mass is 278 g/mol. The summed E-state index contributed by atoms with van der Waals surface area (Å²) in [5.74, 6) is 1.07. The first-order valence-electron chi connectivity index (χ1n) is 8.25. The van der Waals surface area contributed by atoms with E-state index < -0.39 is 0 Å². The van der Waals surface area contributed by atoms with Gasteiger partial charge in [-0.3, -0.25) is 0 Å². The van der Waals surface area contributed by atoms with Crippen LogP contribution in [0.3, 0.4) is 0 Å². The van der Waals surface area contributed by atoms with Gasteiger partial charge in [-0.1, -0.05) is 33.1 Å². The van der Waals surface area contributed by atoms with E-state index in [9.17, 15) is 0 Å². The van der Waals surface area contributed by atoms with Crippen LogP contribution in [0.25, 0.3) is 0 Å². The van der Waals surface area contributed by atoms with Crippen LogP contribution in [0.2, 0.25) is 0 Å². The quantitative estimate of drug-likeness (QED) is 0.831. The van der Waals surface area contributed by atoms with Crippen LogP contribution in [0.15, 0.2) is 6.20 Å². The van der Waals surface area contributed by atoms with Gasteiger partial charge in [-0.05, 0) is 32.9 Å². The molecule has 0 radical (unpaired) electrons. The van der Waals surface area contributed by atoms with Crippen LogP contribution in [0, 0.1) is 6.92 Å². The summed E-state index contributed by atoms with van der Waals surface area (Å²) in [6.45, 7) is 10.9. The van der Waals surface area contributed by atoms with Crippen LogP contribution in [0.5, 0.6) is 0 Å². The fraction of sp³-hybridized carbons (Fsp3) is 0.812. The Morgan fingerprint density at radius 1 is 1.25 bits per heavy atom. The number of aryl methyl sites for hydroxylation is 1. The largest absolute Gasteiger partial charge is 0.353 e. The van der Waals surface area contributed by atoms with E-state index in [2.05, 4.69) is 46.7 Å². The van der Waals surface area contributed by atoms with Crippen molar-refractivity contribution in [3.05, 3.63) is 11.9 Å². The van der Waals surface area contributed by atoms with Gasteiger partial charge in [-0.25, -0.2) is 4.98 Å². The molecule has 114 valence electrons. The van der Waals surface area contributed by atoms with E-state index in [-0.39, 0.29) is 0 Å². The maximum absolute atomic E-state index is 4.67. The smallest absolute Gasteiger partial charge is 0.203 e. The van der Waals surface area contributed by atoms with Gasteiger partial charge in [0.1, 0.15) is 0 Å². The highest BCUT2D eigenvalue weighted by Gasteiger charge is 2.16. The number of anilines is 1. The number of nitrogens with zero attached hydrogens (tertiary/aromatic N) is 3. The first-order valence-corrected chi connectivity index (χ1v) is 8.25. The summed E-state index contributed by atoms with van der Waals surface area (Å²) in [7, 11) is 0. The molecule has 0 amide bonds. The Bertz CT molecular complexity index is 389. The molecule has 4 heteroatoms. The standard InChI is InChI=1S/C16H30N4/c1-4-19(5-2)11-12-20-13-14(3)17-16(20)18-15-9-7-6-8-10-15/h13,15H,4-12H2,1-3H3,(H,17,18). The summed E-state index contributed by atoms with van der Waals surface area (Å²) in [4.78, 5) is 7.13. The van der Waals surface area contributed by atoms with Crippen molar-refractivity contribution < 1.29 is 0 Å². The summed E-state index contributed by atoms with van der Waals surface area (Å²) in [6, 6.07) is 0.623. The highest BCUT2D eigenvalue weighted by Crippen LogP contribution is 2.21. The summed E-state index contributed by atoms with van der Waals surface area (Å²) in [6.07, 6.45) is 8.87. The number of nitrogens with one attached hydrogen (secondary N) is 1. The fourth-order valence-corrected chi connectivity index (χ4v) is 3.05. The zero-order chi connectivity index (χ0) is 14.4. The van der Waals surface area contributed by atoms with Crippen molar-refractivity contribution in [1.82, 2.24) is 14.5 Å². The average molecular weight is 278 g/mol. The third-order valence-electron chi connectivity index (χ3n) is 4.39. The van der Waals surface area contributed by atoms with Gasteiger partial charge in [-0.2, -0.15) is 0 Å². The second kappa shape index (κ2) is 7.67. The number of likely N-dealkylation sites (N-methyl/N-ethyl adjacent to an activating group) is 1. The van der Waals surface area contributed by atoms with Crippen molar-refractivity contribution in [1.29, 1.82) is 0 Å². The topological polar surface area (TPSA) is 33.1 Å². The highest BCUT2D eigenvalue weighted by atomic mass is 15.2. The Kier molecular flexibility index (Phi) is 5.89. The van der Waals surface area contributed by atoms with E-state index in [0.717, 1.165) is 37.8 Å². The molecule has 0 unspecified atom stereocenters. The molecule has 1 aliphatic carbocycles. The minimum Gasteiger partial charge on any atom is -0.353 e. The molecule has 1 heterocycles. The number of aromatic nitrogens is 2. The molecule has 1 fully saturated rings. The minimum atomic E-state index is 0.623. The van der Waals surface area contributed by atoms with E-state index >= 15 is 0 Å². The highest BCUT2D eigenvalue weighted by molar-refractivity contribution is 5.30. The molecule has 0 spiro atoms. The van der Waals surface area contributed by atoms with Gasteiger partial charge in [-0.15, -0.1) is 0 Å². The zero-order valence-electron chi connectivity index (χ0n) is 13.4. The maximum Gasteiger partial charge on any atom is 0.203 e. The molecule has 1 N–H and O–H groups in total. The van der Waals surface area contributed by atoms with Gasteiger partial charge in [0.15, 0.2) is 0 Å². The Labute approximate surface area is 123 Å². The number of hydrogen-bond acceptors (Lipinski definition) is 3. The number of rotatable bonds is 7. The van der Waals surface area contributed by atoms with E-state index in [0.29, 0.717) is 6.04 Å². The van der Waals surface area contributed by atoms with Gasteiger partial charge < -0.3 is 14.8 Å². The van der Waals surface area contributed by atoms with Crippen LogP contribution in [0.1, 0.15) is 51.6 Å². The summed E-state index contributed by atoms with van der Waals surface area (Å²) < 4.78 is 2.29. The van der Waals surface area contributed by atoms with Crippen molar-refractivity contribution in [3.63, 3.8) is 0 Å². The normalized spacial score (nSPS) is 16.8. The summed E-state index contributed by atoms with van der Waals surface area (Å²) in [5, 5.41) is 3.66. The molecular weight excluding hydrogens is 248 g/mol. The van der Waals surface area contributed by atoms with E-state index in [4.69, 9.17) is 0 Å². The lowest BCUT2D eigenvalue weighted by Crippen LogP contribution is -2.28. The van der Waals surface area contributed by atoms with Gasteiger partial charge in [0.25, 0.3) is 0 Å². The molecule has 4 nitrogen and oxygen atoms in total. The van der Waals surface area contributed by atoms with Crippen molar-refractivity contribution in [2.24, 2.45) is 0 Å². The van der Waals surface area contributed by atoms with Crippen LogP contribution in [-0.4, -0.2) is 40.1 Å². The molecule has 2 rings (SSSR count). The fourth-order valence-electron chi connectivity index (χ4n) is 3.05. The Balaban J connectivity index is 1.94. The molecule has 1 saturated carbocycles. The lowest BCUT2D eigenvalue weighted by Gasteiger charge is -2.24. The van der Waals surface area contributed by atoms with E-state index in [1.165, 1.54) is 32.1 Å². The third-order valence-corrected chi connectivity index (χ3v) is 4.39. The third kappa shape index (κ3) is 4.23. The molecule has 1 aliphatic rings. The lowest BCUT2D eigenvalue weighted by molar-refractivity contribution is 0.291. The van der Waals surface area contributed by atoms with Crippen LogP contribution in [0.4, 0.5) is 5.95 Å². The van der Waals surface area contributed by atoms with Crippen molar-refractivity contribution in [2.45, 2.75) is 65.5 Å². The first-order chi connectivity index (χ1) is 9.72. The van der Waals surface area contributed by atoms with Gasteiger partial charge in [0, 0.05) is 25.3 Å². The Hall–Kier alpha value is -1.03. The summed E-state index contributed by atoms with van der Waals surface area (Å²) in [5.41, 5.74) is 1.11. The molecule has 0 bridgehead atoms. The molecule has 0 aromatic carbocycles. The van der Waals surface area contributed by atoms with Crippen molar-refractivity contribution in [3.8, 4) is 0 Å². The van der Waals surface area contributed by atoms with Crippen molar-refractivity contribution >= 4 is 5.95 Å². The average Bonchev–Trinajstić information content (AvgIpc) is 2.81. The predicted molar refractivity (Wildman–Crippen MR) is 85.2 cm³/mol. The first kappa shape index (κ1) is 15.4. The molecular formula is C16H30N4. The molecule has 1 aromatic rings. The van der Waals surface area contributed by atoms with Crippen LogP contribution in [-0.2, 0) is 6.54 Å². The van der Waals surface area contributed by atoms with Gasteiger partial charge in [0.2, 0.25) is 5.95 Å². The second-order valence-corrected chi connectivity index (χ2v) is 5.91. The predicted octanol–water partition coefficient (Wildman–Crippen LogP) is 3.28. The van der Waals surface area contributed by atoms with E-state index in [1.807, 2.05) is 0 Å². The molecule has 1 aromatic heterocycles. The Morgan fingerprint density at radius 2 is 1.95 bits per heavy atom. The van der Waals surface area contributed by atoms with Crippen LogP contribution >= 0.6 is 0 Å². The molecule has 0 aliphatic heterocycles. The number of imidazole rings is 1. The zero-order valence-corrected chi connectivity index (χ0v) is 13.4. The van der Waals surface area contributed by atoms with E-state index in [1.54, 1.807) is 0 Å². The maximum atomic E-state index is 4.67. The molecule has 0 atom stereocenters. The van der Waals surface area contributed by atoms with Crippen molar-refractivity contribution in [2.75, 3.05) is 25.0 Å². The lowest BCUT2D eigenvalue weighted by atomic mass is 9.96. The van der Waals surface area contributed by atoms with Gasteiger partial charge >= 0.3 is 0 Å². The molecule has 0 saturated heterocycles. The van der Waals surface area contributed by atoms with Crippen LogP contribution < -0.4 is 5.32 Å². The second-order valence-electron chi connectivity index (χ2n) is 5.91. The SMILES string of the molecule is CCN(CC)CCn1cc(C)nc1NC1CCCCC1.